The number of amides is 4. The molecule has 4 amide bonds. The second kappa shape index (κ2) is 8.82. The van der Waals surface area contributed by atoms with Gasteiger partial charge in [0.1, 0.15) is 18.4 Å². The number of para-hydroxylation sites is 1. The fourth-order valence-electron chi connectivity index (χ4n) is 4.05. The molecule has 2 aromatic carbocycles. The monoisotopic (exact) mass is 436 g/mol. The van der Waals surface area contributed by atoms with Crippen molar-refractivity contribution in [3.8, 4) is 0 Å². The molecule has 1 fully saturated rings. The number of nitrogens with zero attached hydrogens (tertiary/aromatic N) is 1. The summed E-state index contributed by atoms with van der Waals surface area (Å²) < 4.78 is 13.3. The molecule has 3 aromatic rings. The van der Waals surface area contributed by atoms with E-state index in [0.29, 0.717) is 6.42 Å². The van der Waals surface area contributed by atoms with Crippen LogP contribution in [0.3, 0.4) is 0 Å². The molecule has 0 radical (unpaired) electrons. The predicted molar refractivity (Wildman–Crippen MR) is 118 cm³/mol. The van der Waals surface area contributed by atoms with E-state index in [1.165, 1.54) is 12.1 Å². The van der Waals surface area contributed by atoms with E-state index in [1.807, 2.05) is 44.3 Å². The van der Waals surface area contributed by atoms with Crippen LogP contribution in [0.2, 0.25) is 0 Å². The summed E-state index contributed by atoms with van der Waals surface area (Å²) in [5, 5.41) is 6.53. The molecule has 166 valence electrons. The molecule has 1 saturated heterocycles. The molecule has 0 unspecified atom stereocenters. The van der Waals surface area contributed by atoms with E-state index in [-0.39, 0.29) is 24.3 Å². The zero-order valence-corrected chi connectivity index (χ0v) is 17.9. The number of carbonyl (C=O) groups is 3. The van der Waals surface area contributed by atoms with Crippen molar-refractivity contribution in [2.24, 2.45) is 5.92 Å². The van der Waals surface area contributed by atoms with Crippen LogP contribution in [-0.4, -0.2) is 40.3 Å². The number of carbonyl (C=O) groups excluding carboxylic acids is 3. The van der Waals surface area contributed by atoms with Crippen LogP contribution in [0.25, 0.3) is 10.9 Å². The first kappa shape index (κ1) is 21.5. The van der Waals surface area contributed by atoms with Gasteiger partial charge in [-0.1, -0.05) is 44.2 Å². The number of halogens is 1. The second-order valence-corrected chi connectivity index (χ2v) is 8.33. The van der Waals surface area contributed by atoms with Crippen LogP contribution < -0.4 is 10.6 Å². The lowest BCUT2D eigenvalue weighted by Gasteiger charge is -2.24. The lowest BCUT2D eigenvalue weighted by Crippen LogP contribution is -2.43. The summed E-state index contributed by atoms with van der Waals surface area (Å²) in [6, 6.07) is 11.9. The van der Waals surface area contributed by atoms with E-state index < -0.39 is 23.9 Å². The molecule has 0 spiro atoms. The Balaban J connectivity index is 1.42. The highest BCUT2D eigenvalue weighted by atomic mass is 19.1. The van der Waals surface area contributed by atoms with Gasteiger partial charge < -0.3 is 15.6 Å². The third-order valence-electron chi connectivity index (χ3n) is 5.72. The zero-order valence-electron chi connectivity index (χ0n) is 17.9. The molecule has 8 heteroatoms. The molecule has 32 heavy (non-hydrogen) atoms. The molecule has 7 nitrogen and oxygen atoms in total. The number of hydrogen-bond acceptors (Lipinski definition) is 3. The fourth-order valence-corrected chi connectivity index (χ4v) is 4.05. The van der Waals surface area contributed by atoms with Gasteiger partial charge in [-0.05, 0) is 35.2 Å². The van der Waals surface area contributed by atoms with Crippen molar-refractivity contribution in [1.29, 1.82) is 0 Å². The zero-order chi connectivity index (χ0) is 22.8. The van der Waals surface area contributed by atoms with Crippen molar-refractivity contribution in [3.05, 3.63) is 71.7 Å². The molecule has 1 aliphatic rings. The standard InChI is InChI=1S/C24H25FN4O3/c1-14(2)22(15-7-9-17(25)10-8-15)28-21(30)13-29-23(31)20(27-24(29)32)11-16-12-26-19-6-4-3-5-18(16)19/h3-10,12,14,20,22,26H,11,13H2,1-2H3,(H,27,32)(H,28,30)/t20-,22-/m0/s1. The maximum atomic E-state index is 13.3. The summed E-state index contributed by atoms with van der Waals surface area (Å²) in [7, 11) is 0. The summed E-state index contributed by atoms with van der Waals surface area (Å²) in [5.74, 6) is -1.21. The summed E-state index contributed by atoms with van der Waals surface area (Å²) in [6.07, 6.45) is 2.16. The number of nitrogens with one attached hydrogen (secondary N) is 3. The third kappa shape index (κ3) is 4.34. The topological polar surface area (TPSA) is 94.3 Å². The van der Waals surface area contributed by atoms with Crippen LogP contribution in [-0.2, 0) is 16.0 Å². The average Bonchev–Trinajstić information content (AvgIpc) is 3.29. The molecule has 2 heterocycles. The van der Waals surface area contributed by atoms with Crippen LogP contribution in [0.1, 0.15) is 31.0 Å². The number of fused-ring (bicyclic) bond motifs is 1. The van der Waals surface area contributed by atoms with E-state index in [4.69, 9.17) is 0 Å². The minimum atomic E-state index is -0.729. The highest BCUT2D eigenvalue weighted by Gasteiger charge is 2.39. The lowest BCUT2D eigenvalue weighted by atomic mass is 9.96. The van der Waals surface area contributed by atoms with Gasteiger partial charge in [0.15, 0.2) is 0 Å². The largest absolute Gasteiger partial charge is 0.361 e. The van der Waals surface area contributed by atoms with Gasteiger partial charge in [0.05, 0.1) is 6.04 Å². The number of H-pyrrole nitrogens is 1. The molecule has 1 aromatic heterocycles. The van der Waals surface area contributed by atoms with Crippen molar-refractivity contribution >= 4 is 28.7 Å². The Hall–Kier alpha value is -3.68. The predicted octanol–water partition coefficient (Wildman–Crippen LogP) is 3.28. The van der Waals surface area contributed by atoms with Crippen molar-refractivity contribution in [3.63, 3.8) is 0 Å². The molecule has 4 rings (SSSR count). The van der Waals surface area contributed by atoms with E-state index in [9.17, 15) is 18.8 Å². The number of imide groups is 1. The van der Waals surface area contributed by atoms with Gasteiger partial charge in [-0.3, -0.25) is 14.5 Å². The smallest absolute Gasteiger partial charge is 0.325 e. The van der Waals surface area contributed by atoms with E-state index in [0.717, 1.165) is 26.9 Å². The highest BCUT2D eigenvalue weighted by Crippen LogP contribution is 2.23. The van der Waals surface area contributed by atoms with Crippen molar-refractivity contribution in [2.75, 3.05) is 6.54 Å². The Morgan fingerprint density at radius 1 is 1.12 bits per heavy atom. The summed E-state index contributed by atoms with van der Waals surface area (Å²) >= 11 is 0. The number of urea groups is 1. The van der Waals surface area contributed by atoms with Gasteiger partial charge in [-0.25, -0.2) is 9.18 Å². The van der Waals surface area contributed by atoms with Crippen LogP contribution >= 0.6 is 0 Å². The van der Waals surface area contributed by atoms with Gasteiger partial charge in [0, 0.05) is 23.5 Å². The molecular weight excluding hydrogens is 411 g/mol. The molecular formula is C24H25FN4O3. The number of rotatable bonds is 7. The number of benzene rings is 2. The normalized spacial score (nSPS) is 17.1. The van der Waals surface area contributed by atoms with Crippen molar-refractivity contribution in [2.45, 2.75) is 32.4 Å². The summed E-state index contributed by atoms with van der Waals surface area (Å²) in [5.41, 5.74) is 2.63. The quantitative estimate of drug-likeness (QED) is 0.496. The van der Waals surface area contributed by atoms with Gasteiger partial charge in [-0.15, -0.1) is 0 Å². The van der Waals surface area contributed by atoms with Gasteiger partial charge in [0.2, 0.25) is 5.91 Å². The first-order valence-electron chi connectivity index (χ1n) is 10.5. The van der Waals surface area contributed by atoms with Crippen molar-refractivity contribution < 1.29 is 18.8 Å². The summed E-state index contributed by atoms with van der Waals surface area (Å²) in [4.78, 5) is 42.0. The first-order valence-corrected chi connectivity index (χ1v) is 10.5. The Kier molecular flexibility index (Phi) is 5.94. The minimum Gasteiger partial charge on any atom is -0.361 e. The summed E-state index contributed by atoms with van der Waals surface area (Å²) in [6.45, 7) is 3.48. The van der Waals surface area contributed by atoms with Crippen molar-refractivity contribution in [1.82, 2.24) is 20.5 Å². The van der Waals surface area contributed by atoms with Crippen LogP contribution in [0.15, 0.2) is 54.7 Å². The molecule has 0 saturated carbocycles. The van der Waals surface area contributed by atoms with Gasteiger partial charge in [0.25, 0.3) is 5.91 Å². The Bertz CT molecular complexity index is 1160. The van der Waals surface area contributed by atoms with Crippen LogP contribution in [0.4, 0.5) is 9.18 Å². The lowest BCUT2D eigenvalue weighted by molar-refractivity contribution is -0.132. The molecule has 1 aliphatic heterocycles. The minimum absolute atomic E-state index is 0.0298. The van der Waals surface area contributed by atoms with Crippen LogP contribution in [0, 0.1) is 11.7 Å². The number of aromatic amines is 1. The van der Waals surface area contributed by atoms with Gasteiger partial charge >= 0.3 is 6.03 Å². The van der Waals surface area contributed by atoms with Gasteiger partial charge in [-0.2, -0.15) is 0 Å². The third-order valence-corrected chi connectivity index (χ3v) is 5.72. The fraction of sp³-hybridized carbons (Fsp3) is 0.292. The maximum Gasteiger partial charge on any atom is 0.325 e. The molecule has 0 aliphatic carbocycles. The van der Waals surface area contributed by atoms with E-state index >= 15 is 0 Å². The number of aromatic nitrogens is 1. The Morgan fingerprint density at radius 3 is 2.56 bits per heavy atom. The number of hydrogen-bond donors (Lipinski definition) is 3. The maximum absolute atomic E-state index is 13.3. The molecule has 2 atom stereocenters. The van der Waals surface area contributed by atoms with Crippen LogP contribution in [0.5, 0.6) is 0 Å². The highest BCUT2D eigenvalue weighted by molar-refractivity contribution is 6.06. The Labute approximate surface area is 185 Å². The first-order chi connectivity index (χ1) is 15.3. The van der Waals surface area contributed by atoms with E-state index in [1.54, 1.807) is 12.1 Å². The molecule has 0 bridgehead atoms. The average molecular weight is 436 g/mol. The Morgan fingerprint density at radius 2 is 1.84 bits per heavy atom. The second-order valence-electron chi connectivity index (χ2n) is 8.33. The SMILES string of the molecule is CC(C)[C@H](NC(=O)CN1C(=O)N[C@@H](Cc2c[nH]c3ccccc23)C1=O)c1ccc(F)cc1. The molecule has 3 N–H and O–H groups in total. The van der Waals surface area contributed by atoms with E-state index in [2.05, 4.69) is 15.6 Å².